The van der Waals surface area contributed by atoms with Crippen LogP contribution in [0.2, 0.25) is 4.31 Å². The Morgan fingerprint density at radius 3 is 2.31 bits per heavy atom. The Balaban J connectivity index is 2.65. The molecule has 1 nitrogen and oxygen atoms in total. The van der Waals surface area contributed by atoms with Gasteiger partial charge in [-0.2, -0.15) is 0 Å². The predicted molar refractivity (Wildman–Crippen MR) is 70.1 cm³/mol. The summed E-state index contributed by atoms with van der Waals surface area (Å²) in [7, 11) is 0. The molecule has 1 aromatic rings. The zero-order chi connectivity index (χ0) is 12.1. The van der Waals surface area contributed by atoms with Gasteiger partial charge in [0.2, 0.25) is 0 Å². The summed E-state index contributed by atoms with van der Waals surface area (Å²) >= 11 is 0.536. The van der Waals surface area contributed by atoms with E-state index in [4.69, 9.17) is 0 Å². The molecule has 1 aliphatic rings. The molecule has 2 rings (SSSR count). The minimum absolute atomic E-state index is 0.473. The summed E-state index contributed by atoms with van der Waals surface area (Å²) in [5.41, 5.74) is 4.96. The summed E-state index contributed by atoms with van der Waals surface area (Å²) in [4.78, 5) is 0. The van der Waals surface area contributed by atoms with Gasteiger partial charge in [0.1, 0.15) is 0 Å². The van der Waals surface area contributed by atoms with Crippen molar-refractivity contribution in [2.45, 2.75) is 51.8 Å². The summed E-state index contributed by atoms with van der Waals surface area (Å²) in [6.45, 7) is 11.0. The molecule has 0 unspecified atom stereocenters. The molecule has 0 spiro atoms. The molecule has 0 aromatic heterocycles. The van der Waals surface area contributed by atoms with Gasteiger partial charge in [0.25, 0.3) is 0 Å². The van der Waals surface area contributed by atoms with E-state index in [9.17, 15) is 5.11 Å². The maximum absolute atomic E-state index is 10.1. The Morgan fingerprint density at radius 2 is 1.69 bits per heavy atom. The molecule has 0 saturated heterocycles. The van der Waals surface area contributed by atoms with Crippen LogP contribution in [0.5, 0.6) is 5.75 Å². The average molecular weight is 283 g/mol. The van der Waals surface area contributed by atoms with Crippen molar-refractivity contribution in [1.29, 1.82) is 0 Å². The van der Waals surface area contributed by atoms with Crippen LogP contribution in [0, 0.1) is 20.8 Å². The van der Waals surface area contributed by atoms with E-state index in [1.54, 1.807) is 4.46 Å². The standard InChI is InChI=1S/C14H20OSe/c1-8-9(2)13-11(10(3)12(8)15)6-7-14(4,5)16-13/h15H,6-7H2,1-5H3. The van der Waals surface area contributed by atoms with E-state index < -0.39 is 0 Å². The molecule has 0 saturated carbocycles. The van der Waals surface area contributed by atoms with Crippen LogP contribution in [-0.4, -0.2) is 20.1 Å². The normalized spacial score (nSPS) is 18.3. The molecule has 0 radical (unpaired) electrons. The van der Waals surface area contributed by atoms with Crippen LogP contribution in [0.15, 0.2) is 0 Å². The molecular formula is C14H20OSe. The number of hydrogen-bond donors (Lipinski definition) is 1. The first-order chi connectivity index (χ1) is 7.33. The Hall–Kier alpha value is -0.461. The quantitative estimate of drug-likeness (QED) is 0.726. The van der Waals surface area contributed by atoms with Crippen LogP contribution in [-0.2, 0) is 6.42 Å². The third-order valence-corrected chi connectivity index (χ3v) is 6.87. The second-order valence-corrected chi connectivity index (χ2v) is 9.00. The molecule has 0 atom stereocenters. The van der Waals surface area contributed by atoms with Crippen molar-refractivity contribution in [1.82, 2.24) is 0 Å². The van der Waals surface area contributed by atoms with Crippen molar-refractivity contribution >= 4 is 19.4 Å². The van der Waals surface area contributed by atoms with Crippen molar-refractivity contribution in [3.05, 3.63) is 22.3 Å². The second kappa shape index (κ2) is 3.78. The molecule has 0 bridgehead atoms. The van der Waals surface area contributed by atoms with Gasteiger partial charge in [0, 0.05) is 0 Å². The van der Waals surface area contributed by atoms with E-state index in [1.807, 2.05) is 6.92 Å². The minimum atomic E-state index is 0.473. The summed E-state index contributed by atoms with van der Waals surface area (Å²) < 4.78 is 2.03. The summed E-state index contributed by atoms with van der Waals surface area (Å²) in [5.74, 6) is 0.520. The zero-order valence-corrected chi connectivity index (χ0v) is 12.5. The first kappa shape index (κ1) is 12.0. The van der Waals surface area contributed by atoms with Gasteiger partial charge in [-0.15, -0.1) is 0 Å². The molecule has 1 aromatic carbocycles. The van der Waals surface area contributed by atoms with Gasteiger partial charge in [-0.3, -0.25) is 0 Å². The van der Waals surface area contributed by atoms with Crippen molar-refractivity contribution in [3.8, 4) is 5.75 Å². The number of phenols is 1. The van der Waals surface area contributed by atoms with Crippen LogP contribution in [0.4, 0.5) is 0 Å². The van der Waals surface area contributed by atoms with E-state index in [1.165, 1.54) is 17.5 Å². The number of benzene rings is 1. The first-order valence-corrected chi connectivity index (χ1v) is 7.55. The number of phenolic OH excluding ortho intramolecular Hbond substituents is 1. The molecule has 16 heavy (non-hydrogen) atoms. The van der Waals surface area contributed by atoms with Gasteiger partial charge in [0.05, 0.1) is 0 Å². The molecule has 0 aliphatic carbocycles. The predicted octanol–water partition coefficient (Wildman–Crippen LogP) is 2.79. The second-order valence-electron chi connectivity index (χ2n) is 5.39. The number of rotatable bonds is 0. The van der Waals surface area contributed by atoms with Crippen molar-refractivity contribution in [3.63, 3.8) is 0 Å². The monoisotopic (exact) mass is 284 g/mol. The molecule has 1 N–H and O–H groups in total. The number of hydrogen-bond acceptors (Lipinski definition) is 1. The molecule has 88 valence electrons. The van der Waals surface area contributed by atoms with E-state index in [2.05, 4.69) is 27.7 Å². The van der Waals surface area contributed by atoms with Gasteiger partial charge < -0.3 is 0 Å². The molecule has 2 heteroatoms. The fourth-order valence-corrected chi connectivity index (χ4v) is 5.39. The molecule has 0 amide bonds. The van der Waals surface area contributed by atoms with E-state index in [-0.39, 0.29) is 0 Å². The van der Waals surface area contributed by atoms with E-state index in [0.29, 0.717) is 25.0 Å². The molecule has 1 aliphatic heterocycles. The van der Waals surface area contributed by atoms with Gasteiger partial charge in [-0.05, 0) is 0 Å². The van der Waals surface area contributed by atoms with Crippen LogP contribution in [0.25, 0.3) is 0 Å². The van der Waals surface area contributed by atoms with Gasteiger partial charge >= 0.3 is 104 Å². The summed E-state index contributed by atoms with van der Waals surface area (Å²) in [6, 6.07) is 0. The maximum atomic E-state index is 10.1. The van der Waals surface area contributed by atoms with Crippen molar-refractivity contribution in [2.75, 3.05) is 0 Å². The van der Waals surface area contributed by atoms with Crippen molar-refractivity contribution in [2.24, 2.45) is 0 Å². The SMILES string of the molecule is Cc1c(C)c2c(c(C)c1O)CCC(C)(C)[Se]2. The Labute approximate surface area is 104 Å². The third-order valence-electron chi connectivity index (χ3n) is 3.70. The Kier molecular flexibility index (Phi) is 2.84. The number of fused-ring (bicyclic) bond motifs is 1. The van der Waals surface area contributed by atoms with Crippen LogP contribution < -0.4 is 4.46 Å². The van der Waals surface area contributed by atoms with Crippen LogP contribution in [0.1, 0.15) is 42.5 Å². The summed E-state index contributed by atoms with van der Waals surface area (Å²) in [6.07, 6.45) is 2.38. The molecule has 1 heterocycles. The van der Waals surface area contributed by atoms with Crippen LogP contribution >= 0.6 is 0 Å². The van der Waals surface area contributed by atoms with Gasteiger partial charge in [0.15, 0.2) is 0 Å². The van der Waals surface area contributed by atoms with Gasteiger partial charge in [-0.1, -0.05) is 0 Å². The molecule has 0 fully saturated rings. The Morgan fingerprint density at radius 1 is 1.06 bits per heavy atom. The third kappa shape index (κ3) is 1.78. The van der Waals surface area contributed by atoms with E-state index >= 15 is 0 Å². The fraction of sp³-hybridized carbons (Fsp3) is 0.571. The number of aromatic hydroxyl groups is 1. The fourth-order valence-electron chi connectivity index (χ4n) is 2.36. The van der Waals surface area contributed by atoms with Gasteiger partial charge in [-0.25, -0.2) is 0 Å². The summed E-state index contributed by atoms with van der Waals surface area (Å²) in [5, 5.41) is 10.1. The Bertz CT molecular complexity index is 447. The molecular weight excluding hydrogens is 263 g/mol. The van der Waals surface area contributed by atoms with Crippen molar-refractivity contribution < 1.29 is 5.11 Å². The topological polar surface area (TPSA) is 20.2 Å². The van der Waals surface area contributed by atoms with E-state index in [0.717, 1.165) is 17.5 Å². The first-order valence-electron chi connectivity index (χ1n) is 5.84. The zero-order valence-electron chi connectivity index (χ0n) is 10.8. The van der Waals surface area contributed by atoms with Crippen LogP contribution in [0.3, 0.4) is 0 Å². The average Bonchev–Trinajstić information content (AvgIpc) is 2.22.